The second-order valence-electron chi connectivity index (χ2n) is 3.13. The summed E-state index contributed by atoms with van der Waals surface area (Å²) in [5, 5.41) is 0. The Morgan fingerprint density at radius 3 is 2.45 bits per heavy atom. The summed E-state index contributed by atoms with van der Waals surface area (Å²) in [5.74, 6) is 0. The summed E-state index contributed by atoms with van der Waals surface area (Å²) in [4.78, 5) is 12.3. The zero-order valence-electron chi connectivity index (χ0n) is 6.91. The maximum absolute atomic E-state index is 10.9. The lowest BCUT2D eigenvalue weighted by Gasteiger charge is -2.32. The number of carbonyl (C=O) groups excluding carboxylic acids is 1. The molecule has 64 valence electrons. The SMILES string of the molecule is CN(C)C(=O)OC1CC(N)C1. The molecule has 1 saturated carbocycles. The zero-order valence-corrected chi connectivity index (χ0v) is 6.91. The van der Waals surface area contributed by atoms with Gasteiger partial charge in [0, 0.05) is 20.1 Å². The number of ether oxygens (including phenoxy) is 1. The lowest BCUT2D eigenvalue weighted by Crippen LogP contribution is -2.44. The molecular formula is C7H14N2O2. The van der Waals surface area contributed by atoms with E-state index >= 15 is 0 Å². The topological polar surface area (TPSA) is 55.6 Å². The van der Waals surface area contributed by atoms with Gasteiger partial charge in [-0.2, -0.15) is 0 Å². The molecule has 4 nitrogen and oxygen atoms in total. The average Bonchev–Trinajstić information content (AvgIpc) is 1.84. The van der Waals surface area contributed by atoms with Crippen LogP contribution in [0.1, 0.15) is 12.8 Å². The van der Waals surface area contributed by atoms with Gasteiger partial charge in [0.2, 0.25) is 0 Å². The fourth-order valence-corrected chi connectivity index (χ4v) is 0.951. The predicted molar refractivity (Wildman–Crippen MR) is 41.2 cm³/mol. The number of nitrogens with zero attached hydrogens (tertiary/aromatic N) is 1. The van der Waals surface area contributed by atoms with E-state index in [1.807, 2.05) is 0 Å². The number of rotatable bonds is 1. The maximum atomic E-state index is 10.9. The maximum Gasteiger partial charge on any atom is 0.409 e. The van der Waals surface area contributed by atoms with Gasteiger partial charge in [0.1, 0.15) is 6.10 Å². The van der Waals surface area contributed by atoms with E-state index < -0.39 is 0 Å². The Kier molecular flexibility index (Phi) is 2.34. The van der Waals surface area contributed by atoms with E-state index in [9.17, 15) is 4.79 Å². The van der Waals surface area contributed by atoms with E-state index in [0.29, 0.717) is 0 Å². The van der Waals surface area contributed by atoms with Crippen LogP contribution in [0.3, 0.4) is 0 Å². The van der Waals surface area contributed by atoms with E-state index in [0.717, 1.165) is 12.8 Å². The molecule has 2 N–H and O–H groups in total. The zero-order chi connectivity index (χ0) is 8.43. The van der Waals surface area contributed by atoms with E-state index in [4.69, 9.17) is 10.5 Å². The van der Waals surface area contributed by atoms with Crippen molar-refractivity contribution < 1.29 is 9.53 Å². The summed E-state index contributed by atoms with van der Waals surface area (Å²) in [5.41, 5.74) is 5.52. The summed E-state index contributed by atoms with van der Waals surface area (Å²) in [7, 11) is 3.34. The molecule has 0 aromatic carbocycles. The molecule has 0 radical (unpaired) electrons. The fourth-order valence-electron chi connectivity index (χ4n) is 0.951. The fraction of sp³-hybridized carbons (Fsp3) is 0.857. The van der Waals surface area contributed by atoms with E-state index in [-0.39, 0.29) is 18.2 Å². The van der Waals surface area contributed by atoms with Gasteiger partial charge in [0.05, 0.1) is 0 Å². The smallest absolute Gasteiger partial charge is 0.409 e. The molecule has 0 spiro atoms. The number of hydrogen-bond acceptors (Lipinski definition) is 3. The van der Waals surface area contributed by atoms with Crippen LogP contribution in [0, 0.1) is 0 Å². The Balaban J connectivity index is 2.17. The Morgan fingerprint density at radius 1 is 1.55 bits per heavy atom. The van der Waals surface area contributed by atoms with Gasteiger partial charge in [0.25, 0.3) is 0 Å². The first-order chi connectivity index (χ1) is 5.09. The van der Waals surface area contributed by atoms with Gasteiger partial charge in [-0.1, -0.05) is 0 Å². The van der Waals surface area contributed by atoms with Crippen LogP contribution in [-0.4, -0.2) is 37.2 Å². The second-order valence-corrected chi connectivity index (χ2v) is 3.13. The minimum atomic E-state index is -0.276. The van der Waals surface area contributed by atoms with E-state index in [2.05, 4.69) is 0 Å². The summed E-state index contributed by atoms with van der Waals surface area (Å²) >= 11 is 0. The van der Waals surface area contributed by atoms with Crippen LogP contribution in [-0.2, 0) is 4.74 Å². The molecule has 0 atom stereocenters. The number of nitrogens with two attached hydrogens (primary N) is 1. The average molecular weight is 158 g/mol. The van der Waals surface area contributed by atoms with Gasteiger partial charge >= 0.3 is 6.09 Å². The van der Waals surface area contributed by atoms with Crippen molar-refractivity contribution in [1.29, 1.82) is 0 Å². The first-order valence-electron chi connectivity index (χ1n) is 3.73. The van der Waals surface area contributed by atoms with Crippen LogP contribution in [0.5, 0.6) is 0 Å². The quantitative estimate of drug-likeness (QED) is 0.592. The van der Waals surface area contributed by atoms with Gasteiger partial charge in [-0.05, 0) is 12.8 Å². The molecule has 0 saturated heterocycles. The normalized spacial score (nSPS) is 29.0. The van der Waals surface area contributed by atoms with Crippen LogP contribution < -0.4 is 5.73 Å². The lowest BCUT2D eigenvalue weighted by atomic mass is 9.90. The Morgan fingerprint density at radius 2 is 2.09 bits per heavy atom. The summed E-state index contributed by atoms with van der Waals surface area (Å²) < 4.78 is 5.03. The van der Waals surface area contributed by atoms with E-state index in [1.165, 1.54) is 4.90 Å². The van der Waals surface area contributed by atoms with Gasteiger partial charge in [0.15, 0.2) is 0 Å². The van der Waals surface area contributed by atoms with Crippen LogP contribution in [0.2, 0.25) is 0 Å². The highest BCUT2D eigenvalue weighted by molar-refractivity contribution is 5.67. The monoisotopic (exact) mass is 158 g/mol. The summed E-state index contributed by atoms with van der Waals surface area (Å²) in [6, 6.07) is 0.231. The highest BCUT2D eigenvalue weighted by Crippen LogP contribution is 2.21. The Hall–Kier alpha value is -0.770. The van der Waals surface area contributed by atoms with E-state index in [1.54, 1.807) is 14.1 Å². The van der Waals surface area contributed by atoms with Crippen molar-refractivity contribution >= 4 is 6.09 Å². The van der Waals surface area contributed by atoms with Crippen LogP contribution in [0.4, 0.5) is 4.79 Å². The highest BCUT2D eigenvalue weighted by Gasteiger charge is 2.29. The molecule has 0 bridgehead atoms. The summed E-state index contributed by atoms with van der Waals surface area (Å²) in [6.45, 7) is 0. The molecule has 11 heavy (non-hydrogen) atoms. The molecule has 1 fully saturated rings. The first-order valence-corrected chi connectivity index (χ1v) is 3.73. The van der Waals surface area contributed by atoms with Crippen molar-refractivity contribution in [3.05, 3.63) is 0 Å². The van der Waals surface area contributed by atoms with Crippen molar-refractivity contribution in [3.63, 3.8) is 0 Å². The number of hydrogen-bond donors (Lipinski definition) is 1. The molecule has 0 aromatic heterocycles. The van der Waals surface area contributed by atoms with Crippen molar-refractivity contribution in [2.45, 2.75) is 25.0 Å². The Labute approximate surface area is 66.3 Å². The molecule has 1 amide bonds. The number of carbonyl (C=O) groups is 1. The van der Waals surface area contributed by atoms with Crippen LogP contribution in [0.25, 0.3) is 0 Å². The Bertz CT molecular complexity index is 153. The van der Waals surface area contributed by atoms with Crippen molar-refractivity contribution in [1.82, 2.24) is 4.90 Å². The summed E-state index contributed by atoms with van der Waals surface area (Å²) in [6.07, 6.45) is 1.39. The van der Waals surface area contributed by atoms with Crippen LogP contribution >= 0.6 is 0 Å². The molecule has 0 aliphatic heterocycles. The lowest BCUT2D eigenvalue weighted by molar-refractivity contribution is 0.0257. The first kappa shape index (κ1) is 8.33. The molecule has 0 heterocycles. The predicted octanol–water partition coefficient (Wildman–Crippen LogP) is 0.174. The third kappa shape index (κ3) is 2.08. The molecule has 1 aliphatic rings. The van der Waals surface area contributed by atoms with Gasteiger partial charge in [-0.3, -0.25) is 0 Å². The van der Waals surface area contributed by atoms with Crippen LogP contribution in [0.15, 0.2) is 0 Å². The number of amides is 1. The largest absolute Gasteiger partial charge is 0.446 e. The highest BCUT2D eigenvalue weighted by atomic mass is 16.6. The van der Waals surface area contributed by atoms with Crippen molar-refractivity contribution in [3.8, 4) is 0 Å². The van der Waals surface area contributed by atoms with Crippen molar-refractivity contribution in [2.24, 2.45) is 5.73 Å². The standard InChI is InChI=1S/C7H14N2O2/c1-9(2)7(10)11-6-3-5(8)4-6/h5-6H,3-4,8H2,1-2H3. The molecule has 1 aliphatic carbocycles. The molecule has 0 unspecified atom stereocenters. The minimum absolute atomic E-state index is 0.0555. The molecule has 0 aromatic rings. The van der Waals surface area contributed by atoms with Gasteiger partial charge in [-0.15, -0.1) is 0 Å². The van der Waals surface area contributed by atoms with Gasteiger partial charge < -0.3 is 15.4 Å². The third-order valence-electron chi connectivity index (χ3n) is 1.76. The molecule has 1 rings (SSSR count). The molecular weight excluding hydrogens is 144 g/mol. The minimum Gasteiger partial charge on any atom is -0.446 e. The molecule has 4 heteroatoms. The second kappa shape index (κ2) is 3.09. The van der Waals surface area contributed by atoms with Gasteiger partial charge in [-0.25, -0.2) is 4.79 Å². The van der Waals surface area contributed by atoms with Crippen molar-refractivity contribution in [2.75, 3.05) is 14.1 Å². The third-order valence-corrected chi connectivity index (χ3v) is 1.76.